The van der Waals surface area contributed by atoms with Gasteiger partial charge in [0.2, 0.25) is 11.7 Å². The molecule has 128 valence electrons. The van der Waals surface area contributed by atoms with E-state index in [-0.39, 0.29) is 12.5 Å². The van der Waals surface area contributed by atoms with Crippen molar-refractivity contribution in [3.05, 3.63) is 29.8 Å². The summed E-state index contributed by atoms with van der Waals surface area (Å²) in [5.41, 5.74) is 1.92. The predicted molar refractivity (Wildman–Crippen MR) is 87.0 cm³/mol. The smallest absolute Gasteiger partial charge is 0.326 e. The Morgan fingerprint density at radius 2 is 1.92 bits per heavy atom. The number of hydrogen-bond donors (Lipinski definition) is 2. The average Bonchev–Trinajstić information content (AvgIpc) is 2.95. The summed E-state index contributed by atoms with van der Waals surface area (Å²) in [6, 6.07) is 6.70. The molecule has 0 saturated heterocycles. The first-order valence-corrected chi connectivity index (χ1v) is 7.72. The number of carboxylic acid groups (broad SMARTS) is 1. The molecule has 0 spiro atoms. The van der Waals surface area contributed by atoms with Crippen LogP contribution in [0, 0.1) is 12.8 Å². The molecule has 1 atom stereocenters. The van der Waals surface area contributed by atoms with E-state index < -0.39 is 17.9 Å². The molecule has 0 unspecified atom stereocenters. The summed E-state index contributed by atoms with van der Waals surface area (Å²) in [5.74, 6) is -0.941. The van der Waals surface area contributed by atoms with Crippen LogP contribution in [0.25, 0.3) is 11.4 Å². The molecule has 2 rings (SSSR count). The number of nitrogens with zero attached hydrogens (tertiary/aromatic N) is 4. The second kappa shape index (κ2) is 7.67. The third kappa shape index (κ3) is 4.87. The summed E-state index contributed by atoms with van der Waals surface area (Å²) in [6.07, 6.45) is 0.362. The third-order valence-electron chi connectivity index (χ3n) is 3.39. The first kappa shape index (κ1) is 17.6. The molecule has 8 heteroatoms. The number of amides is 1. The van der Waals surface area contributed by atoms with E-state index in [9.17, 15) is 9.59 Å². The summed E-state index contributed by atoms with van der Waals surface area (Å²) >= 11 is 0. The number of carbonyl (C=O) groups is 2. The molecule has 1 heterocycles. The molecule has 8 nitrogen and oxygen atoms in total. The summed E-state index contributed by atoms with van der Waals surface area (Å²) in [4.78, 5) is 24.3. The number of nitrogens with one attached hydrogen (secondary N) is 1. The van der Waals surface area contributed by atoms with Gasteiger partial charge < -0.3 is 10.4 Å². The van der Waals surface area contributed by atoms with E-state index in [4.69, 9.17) is 5.11 Å². The number of aromatic nitrogens is 4. The van der Waals surface area contributed by atoms with Gasteiger partial charge in [-0.3, -0.25) is 4.79 Å². The molecule has 0 aliphatic heterocycles. The summed E-state index contributed by atoms with van der Waals surface area (Å²) in [6.45, 7) is 5.60. The molecule has 0 aliphatic carbocycles. The molecule has 1 aromatic carbocycles. The van der Waals surface area contributed by atoms with Crippen LogP contribution in [0.4, 0.5) is 0 Å². The maximum atomic E-state index is 12.0. The Bertz CT molecular complexity index is 709. The van der Waals surface area contributed by atoms with E-state index in [1.165, 1.54) is 0 Å². The molecule has 1 amide bonds. The molecule has 2 aromatic rings. The van der Waals surface area contributed by atoms with E-state index >= 15 is 0 Å². The zero-order valence-electron chi connectivity index (χ0n) is 13.9. The number of hydrogen-bond acceptors (Lipinski definition) is 5. The van der Waals surface area contributed by atoms with Crippen molar-refractivity contribution < 1.29 is 14.7 Å². The Hall–Kier alpha value is -2.77. The van der Waals surface area contributed by atoms with Crippen molar-refractivity contribution in [2.45, 2.75) is 39.8 Å². The summed E-state index contributed by atoms with van der Waals surface area (Å²) in [5, 5.41) is 23.5. The van der Waals surface area contributed by atoms with Crippen molar-refractivity contribution in [1.82, 2.24) is 25.5 Å². The molecule has 0 fully saturated rings. The Balaban J connectivity index is 1.99. The average molecular weight is 331 g/mol. The normalized spacial score (nSPS) is 12.2. The first-order chi connectivity index (χ1) is 11.3. The van der Waals surface area contributed by atoms with Crippen LogP contribution in [0.2, 0.25) is 0 Å². The maximum absolute atomic E-state index is 12.0. The van der Waals surface area contributed by atoms with Gasteiger partial charge in [0.05, 0.1) is 0 Å². The number of carbonyl (C=O) groups excluding carboxylic acids is 1. The Morgan fingerprint density at radius 3 is 2.50 bits per heavy atom. The Kier molecular flexibility index (Phi) is 5.62. The number of aryl methyl sites for hydroxylation is 1. The number of tetrazole rings is 1. The predicted octanol–water partition coefficient (Wildman–Crippen LogP) is 1.26. The van der Waals surface area contributed by atoms with Crippen LogP contribution in [-0.4, -0.2) is 43.2 Å². The van der Waals surface area contributed by atoms with Crippen LogP contribution in [0.1, 0.15) is 25.8 Å². The zero-order valence-corrected chi connectivity index (χ0v) is 13.9. The van der Waals surface area contributed by atoms with Gasteiger partial charge in [-0.15, -0.1) is 10.2 Å². The molecule has 0 bridgehead atoms. The fourth-order valence-corrected chi connectivity index (χ4v) is 2.19. The highest BCUT2D eigenvalue weighted by Gasteiger charge is 2.21. The highest BCUT2D eigenvalue weighted by Crippen LogP contribution is 2.13. The highest BCUT2D eigenvalue weighted by molar-refractivity contribution is 5.83. The van der Waals surface area contributed by atoms with Crippen molar-refractivity contribution >= 4 is 11.9 Å². The lowest BCUT2D eigenvalue weighted by Crippen LogP contribution is -2.43. The van der Waals surface area contributed by atoms with Crippen LogP contribution in [-0.2, 0) is 16.1 Å². The number of rotatable bonds is 7. The standard InChI is InChI=1S/C16H21N5O3/c1-10(2)8-13(16(23)24)17-14(22)9-21-19-15(18-20-21)12-6-4-11(3)5-7-12/h4-7,10,13H,8-9H2,1-3H3,(H,17,22)(H,23,24)/t13-/m0/s1. The molecule has 2 N–H and O–H groups in total. The zero-order chi connectivity index (χ0) is 17.7. The topological polar surface area (TPSA) is 110 Å². The molecule has 0 aliphatic rings. The van der Waals surface area contributed by atoms with Gasteiger partial charge in [0.15, 0.2) is 0 Å². The van der Waals surface area contributed by atoms with Gasteiger partial charge >= 0.3 is 5.97 Å². The number of aliphatic carboxylic acids is 1. The number of carboxylic acids is 1. The highest BCUT2D eigenvalue weighted by atomic mass is 16.4. The van der Waals surface area contributed by atoms with E-state index in [0.29, 0.717) is 12.2 Å². The van der Waals surface area contributed by atoms with Gasteiger partial charge in [0, 0.05) is 5.56 Å². The van der Waals surface area contributed by atoms with Crippen molar-refractivity contribution in [1.29, 1.82) is 0 Å². The lowest BCUT2D eigenvalue weighted by Gasteiger charge is -2.16. The molecule has 0 radical (unpaired) electrons. The lowest BCUT2D eigenvalue weighted by molar-refractivity contribution is -0.142. The fourth-order valence-electron chi connectivity index (χ4n) is 2.19. The maximum Gasteiger partial charge on any atom is 0.326 e. The van der Waals surface area contributed by atoms with Crippen LogP contribution in [0.15, 0.2) is 24.3 Å². The fraction of sp³-hybridized carbons (Fsp3) is 0.438. The van der Waals surface area contributed by atoms with Gasteiger partial charge in [-0.25, -0.2) is 4.79 Å². The van der Waals surface area contributed by atoms with Gasteiger partial charge in [0.25, 0.3) is 0 Å². The van der Waals surface area contributed by atoms with Crippen LogP contribution in [0.5, 0.6) is 0 Å². The molecular formula is C16H21N5O3. The van der Waals surface area contributed by atoms with E-state index in [2.05, 4.69) is 20.7 Å². The van der Waals surface area contributed by atoms with Crippen molar-refractivity contribution in [2.24, 2.45) is 5.92 Å². The van der Waals surface area contributed by atoms with Crippen LogP contribution in [0.3, 0.4) is 0 Å². The van der Waals surface area contributed by atoms with Crippen molar-refractivity contribution in [2.75, 3.05) is 0 Å². The van der Waals surface area contributed by atoms with Crippen LogP contribution < -0.4 is 5.32 Å². The quantitative estimate of drug-likeness (QED) is 0.790. The third-order valence-corrected chi connectivity index (χ3v) is 3.39. The first-order valence-electron chi connectivity index (χ1n) is 7.72. The second-order valence-corrected chi connectivity index (χ2v) is 6.10. The molecule has 1 aromatic heterocycles. The van der Waals surface area contributed by atoms with Gasteiger partial charge in [-0.05, 0) is 24.5 Å². The van der Waals surface area contributed by atoms with Crippen molar-refractivity contribution in [3.63, 3.8) is 0 Å². The monoisotopic (exact) mass is 331 g/mol. The Morgan fingerprint density at radius 1 is 1.25 bits per heavy atom. The van der Waals surface area contributed by atoms with Gasteiger partial charge in [-0.1, -0.05) is 43.7 Å². The van der Waals surface area contributed by atoms with E-state index in [1.807, 2.05) is 45.0 Å². The number of benzene rings is 1. The largest absolute Gasteiger partial charge is 0.480 e. The van der Waals surface area contributed by atoms with E-state index in [0.717, 1.165) is 15.9 Å². The SMILES string of the molecule is Cc1ccc(-c2nnn(CC(=O)N[C@@H](CC(C)C)C(=O)O)n2)cc1. The molecule has 0 saturated carbocycles. The minimum atomic E-state index is -1.05. The summed E-state index contributed by atoms with van der Waals surface area (Å²) in [7, 11) is 0. The van der Waals surface area contributed by atoms with Gasteiger partial charge in [-0.2, -0.15) is 4.80 Å². The summed E-state index contributed by atoms with van der Waals surface area (Å²) < 4.78 is 0. The lowest BCUT2D eigenvalue weighted by atomic mass is 10.0. The second-order valence-electron chi connectivity index (χ2n) is 6.10. The Labute approximate surface area is 139 Å². The van der Waals surface area contributed by atoms with Crippen molar-refractivity contribution in [3.8, 4) is 11.4 Å². The van der Waals surface area contributed by atoms with E-state index in [1.54, 1.807) is 0 Å². The molecule has 24 heavy (non-hydrogen) atoms. The minimum absolute atomic E-state index is 0.157. The van der Waals surface area contributed by atoms with Crippen LogP contribution >= 0.6 is 0 Å². The van der Waals surface area contributed by atoms with Gasteiger partial charge in [0.1, 0.15) is 12.6 Å². The minimum Gasteiger partial charge on any atom is -0.480 e. The molecular weight excluding hydrogens is 310 g/mol.